The Hall–Kier alpha value is -7.30. The minimum Gasteiger partial charge on any atom is -0.456 e. The number of furan rings is 1. The van der Waals surface area contributed by atoms with Gasteiger partial charge < -0.3 is 9.32 Å². The van der Waals surface area contributed by atoms with Crippen molar-refractivity contribution in [1.29, 1.82) is 0 Å². The molecule has 0 amide bonds. The smallest absolute Gasteiger partial charge is 0.155 e. The number of hydrogen-bond acceptors (Lipinski definition) is 4. The molecule has 2 unspecified atom stereocenters. The molecule has 0 bridgehead atoms. The summed E-state index contributed by atoms with van der Waals surface area (Å²) in [4.78, 5) is 13.4. The van der Waals surface area contributed by atoms with E-state index in [0.717, 1.165) is 72.8 Å². The molecule has 57 heavy (non-hydrogen) atoms. The highest BCUT2D eigenvalue weighted by Gasteiger charge is 2.34. The summed E-state index contributed by atoms with van der Waals surface area (Å²) in [6, 6.07) is 62.3. The second-order valence-electron chi connectivity index (χ2n) is 15.0. The first-order valence-corrected chi connectivity index (χ1v) is 19.6. The molecule has 2 aliphatic rings. The number of hydrogen-bond donors (Lipinski definition) is 0. The van der Waals surface area contributed by atoms with Gasteiger partial charge in [-0.1, -0.05) is 152 Å². The highest BCUT2D eigenvalue weighted by molar-refractivity contribution is 6.19. The first-order chi connectivity index (χ1) is 28.2. The number of benzene rings is 8. The van der Waals surface area contributed by atoms with Crippen LogP contribution in [0.25, 0.3) is 54.6 Å². The first kappa shape index (κ1) is 33.1. The summed E-state index contributed by atoms with van der Waals surface area (Å²) in [6.45, 7) is 2.18. The molecule has 270 valence electrons. The molecule has 4 heteroatoms. The van der Waals surface area contributed by atoms with Gasteiger partial charge >= 0.3 is 0 Å². The topological polar surface area (TPSA) is 41.1 Å². The predicted octanol–water partition coefficient (Wildman–Crippen LogP) is 13.8. The summed E-state index contributed by atoms with van der Waals surface area (Å²) < 4.78 is 6.39. The van der Waals surface area contributed by atoms with Crippen molar-refractivity contribution >= 4 is 66.4 Å². The quantitative estimate of drug-likeness (QED) is 0.181. The summed E-state index contributed by atoms with van der Waals surface area (Å²) in [7, 11) is 0. The minimum atomic E-state index is -0.205. The minimum absolute atomic E-state index is 0.123. The van der Waals surface area contributed by atoms with Crippen LogP contribution in [0.15, 0.2) is 214 Å². The lowest BCUT2D eigenvalue weighted by molar-refractivity contribution is 0.642. The van der Waals surface area contributed by atoms with Gasteiger partial charge in [0.1, 0.15) is 11.2 Å². The van der Waals surface area contributed by atoms with Crippen LogP contribution in [0.1, 0.15) is 29.7 Å². The number of amidine groups is 1. The normalized spacial score (nSPS) is 18.2. The predicted molar refractivity (Wildman–Crippen MR) is 238 cm³/mol. The van der Waals surface area contributed by atoms with Gasteiger partial charge in [0.15, 0.2) is 5.84 Å². The zero-order chi connectivity index (χ0) is 37.9. The second kappa shape index (κ2) is 13.5. The van der Waals surface area contributed by atoms with Crippen molar-refractivity contribution < 1.29 is 4.42 Å². The van der Waals surface area contributed by atoms with Crippen LogP contribution in [0.5, 0.6) is 0 Å². The lowest BCUT2D eigenvalue weighted by Gasteiger charge is -2.32. The van der Waals surface area contributed by atoms with E-state index in [9.17, 15) is 0 Å². The standard InChI is InChI=1S/C53H37N3O/c1-34-12-10-19-45-51(42-31-27-36-14-3-5-16-40(36)33-42)54-53(38-28-24-37(25-29-38)41-30-26-35-13-2-4-15-39(35)32-41)55-52(45)43-17-6-8-20-46(43)56(34)47-21-11-23-49-50(47)44-18-7-9-22-48(44)57-49/h2-33,45,51H,1H3/b19-10-,34-12+. The summed E-state index contributed by atoms with van der Waals surface area (Å²) in [5, 5.41) is 7.06. The fourth-order valence-electron chi connectivity index (χ4n) is 8.73. The van der Waals surface area contributed by atoms with E-state index in [1.165, 1.54) is 27.1 Å². The van der Waals surface area contributed by atoms with Gasteiger partial charge in [0, 0.05) is 28.1 Å². The Labute approximate surface area is 331 Å². The van der Waals surface area contributed by atoms with E-state index in [2.05, 4.69) is 194 Å². The Kier molecular flexibility index (Phi) is 7.82. The maximum absolute atomic E-state index is 6.39. The van der Waals surface area contributed by atoms with Gasteiger partial charge in [0.25, 0.3) is 0 Å². The molecule has 0 aliphatic carbocycles. The maximum atomic E-state index is 6.39. The van der Waals surface area contributed by atoms with Gasteiger partial charge in [0.05, 0.1) is 28.5 Å². The lowest BCUT2D eigenvalue weighted by atomic mass is 9.83. The van der Waals surface area contributed by atoms with Crippen LogP contribution in [0.2, 0.25) is 0 Å². The molecular formula is C53H37N3O. The van der Waals surface area contributed by atoms with Crippen LogP contribution in [-0.4, -0.2) is 11.5 Å². The fraction of sp³-hybridized carbons (Fsp3) is 0.0566. The Morgan fingerprint density at radius 3 is 2.04 bits per heavy atom. The van der Waals surface area contributed by atoms with Gasteiger partial charge in [-0.25, -0.2) is 4.99 Å². The second-order valence-corrected chi connectivity index (χ2v) is 15.0. The van der Waals surface area contributed by atoms with Crippen LogP contribution in [0.4, 0.5) is 11.4 Å². The highest BCUT2D eigenvalue weighted by atomic mass is 16.3. The Balaban J connectivity index is 1.09. The zero-order valence-electron chi connectivity index (χ0n) is 31.4. The van der Waals surface area contributed by atoms with Gasteiger partial charge in [0.2, 0.25) is 0 Å². The Bertz CT molecular complexity index is 3160. The summed E-state index contributed by atoms with van der Waals surface area (Å²) in [5.41, 5.74) is 11.5. The van der Waals surface area contributed by atoms with Crippen LogP contribution in [0, 0.1) is 5.92 Å². The number of rotatable bonds is 4. The summed E-state index contributed by atoms with van der Waals surface area (Å²) in [5.74, 6) is 0.605. The van der Waals surface area contributed by atoms with E-state index in [-0.39, 0.29) is 12.0 Å². The molecule has 9 aromatic rings. The van der Waals surface area contributed by atoms with Crippen LogP contribution >= 0.6 is 0 Å². The molecule has 0 spiro atoms. The van der Waals surface area contributed by atoms with Crippen molar-refractivity contribution in [2.45, 2.75) is 13.0 Å². The van der Waals surface area contributed by atoms with Gasteiger partial charge in [-0.3, -0.25) is 4.99 Å². The van der Waals surface area contributed by atoms with Gasteiger partial charge in [-0.15, -0.1) is 0 Å². The van der Waals surface area contributed by atoms with E-state index in [4.69, 9.17) is 14.4 Å². The molecule has 0 fully saturated rings. The fourth-order valence-corrected chi connectivity index (χ4v) is 8.73. The largest absolute Gasteiger partial charge is 0.456 e. The number of nitrogens with zero attached hydrogens (tertiary/aromatic N) is 3. The van der Waals surface area contributed by atoms with Crippen molar-refractivity contribution in [3.05, 3.63) is 217 Å². The van der Waals surface area contributed by atoms with E-state index in [0.29, 0.717) is 0 Å². The van der Waals surface area contributed by atoms with Crippen LogP contribution in [-0.2, 0) is 0 Å². The number of aliphatic imine (C=N–C) groups is 2. The maximum Gasteiger partial charge on any atom is 0.155 e. The number of para-hydroxylation sites is 2. The summed E-state index contributed by atoms with van der Waals surface area (Å²) >= 11 is 0. The van der Waals surface area contributed by atoms with E-state index in [1.807, 2.05) is 12.1 Å². The van der Waals surface area contributed by atoms with Crippen molar-refractivity contribution in [1.82, 2.24) is 0 Å². The molecule has 11 rings (SSSR count). The van der Waals surface area contributed by atoms with E-state index >= 15 is 0 Å². The molecule has 3 heterocycles. The van der Waals surface area contributed by atoms with Crippen LogP contribution < -0.4 is 4.90 Å². The summed E-state index contributed by atoms with van der Waals surface area (Å²) in [6.07, 6.45) is 6.69. The third-order valence-electron chi connectivity index (χ3n) is 11.5. The van der Waals surface area contributed by atoms with Crippen molar-refractivity contribution in [2.75, 3.05) is 4.90 Å². The number of allylic oxidation sites excluding steroid dienone is 3. The molecule has 0 N–H and O–H groups in total. The van der Waals surface area contributed by atoms with Gasteiger partial charge in [-0.2, -0.15) is 0 Å². The molecule has 0 radical (unpaired) electrons. The number of fused-ring (bicyclic) bond motifs is 8. The Morgan fingerprint density at radius 2 is 1.19 bits per heavy atom. The first-order valence-electron chi connectivity index (χ1n) is 19.6. The lowest BCUT2D eigenvalue weighted by Crippen LogP contribution is -2.28. The highest BCUT2D eigenvalue weighted by Crippen LogP contribution is 2.45. The average Bonchev–Trinajstić information content (AvgIpc) is 3.67. The van der Waals surface area contributed by atoms with Crippen molar-refractivity contribution in [3.63, 3.8) is 0 Å². The number of anilines is 2. The van der Waals surface area contributed by atoms with Crippen molar-refractivity contribution in [2.24, 2.45) is 15.9 Å². The van der Waals surface area contributed by atoms with E-state index < -0.39 is 0 Å². The zero-order valence-corrected chi connectivity index (χ0v) is 31.4. The molecule has 1 aromatic heterocycles. The Morgan fingerprint density at radius 1 is 0.544 bits per heavy atom. The third-order valence-corrected chi connectivity index (χ3v) is 11.5. The van der Waals surface area contributed by atoms with Gasteiger partial charge in [-0.05, 0) is 87.6 Å². The van der Waals surface area contributed by atoms with E-state index in [1.54, 1.807) is 0 Å². The molecule has 2 aliphatic heterocycles. The molecule has 0 saturated carbocycles. The molecule has 2 atom stereocenters. The molecule has 4 nitrogen and oxygen atoms in total. The van der Waals surface area contributed by atoms with Crippen LogP contribution in [0.3, 0.4) is 0 Å². The van der Waals surface area contributed by atoms with Crippen molar-refractivity contribution in [3.8, 4) is 11.1 Å². The molecule has 0 saturated heterocycles. The molecular weight excluding hydrogens is 695 g/mol. The SMILES string of the molecule is C/C1=C\C=C/C2C(=NC(c3ccc(-c4ccc5ccccc5c4)cc3)=NC2c2ccc3ccccc3c2)c2ccccc2N1c1cccc2oc3ccccc3c12. The molecule has 8 aromatic carbocycles. The average molecular weight is 732 g/mol. The third kappa shape index (κ3) is 5.68. The monoisotopic (exact) mass is 731 g/mol.